The Kier molecular flexibility index (Phi) is 5.91. The first-order valence-corrected chi connectivity index (χ1v) is 7.37. The van der Waals surface area contributed by atoms with Crippen LogP contribution in [0.3, 0.4) is 0 Å². The van der Waals surface area contributed by atoms with Crippen LogP contribution in [0.2, 0.25) is 0 Å². The van der Waals surface area contributed by atoms with Gasteiger partial charge in [0.05, 0.1) is 4.92 Å². The van der Waals surface area contributed by atoms with Crippen molar-refractivity contribution in [1.29, 1.82) is 0 Å². The summed E-state index contributed by atoms with van der Waals surface area (Å²) in [5, 5.41) is 14.0. The third-order valence-electron chi connectivity index (χ3n) is 3.49. The van der Waals surface area contributed by atoms with E-state index in [2.05, 4.69) is 29.4 Å². The molecule has 116 valence electrons. The average Bonchev–Trinajstić information content (AvgIpc) is 2.55. The smallest absolute Gasteiger partial charge is 0.269 e. The molecule has 1 N–H and O–H groups in total. The van der Waals surface area contributed by atoms with Gasteiger partial charge in [-0.1, -0.05) is 30.3 Å². The van der Waals surface area contributed by atoms with E-state index in [0.717, 1.165) is 25.1 Å². The van der Waals surface area contributed by atoms with Crippen molar-refractivity contribution < 1.29 is 4.92 Å². The molecule has 2 rings (SSSR count). The fourth-order valence-corrected chi connectivity index (χ4v) is 2.27. The molecule has 0 spiro atoms. The van der Waals surface area contributed by atoms with Crippen molar-refractivity contribution in [3.63, 3.8) is 0 Å². The SMILES string of the molecule is CN(CCCNCc1cccc([N+](=O)[O-])c1)c1ccccc1. The van der Waals surface area contributed by atoms with E-state index >= 15 is 0 Å². The van der Waals surface area contributed by atoms with Crippen LogP contribution in [0.4, 0.5) is 11.4 Å². The molecule has 0 bridgehead atoms. The Bertz CT molecular complexity index is 602. The van der Waals surface area contributed by atoms with E-state index in [1.807, 2.05) is 24.3 Å². The number of rotatable bonds is 8. The highest BCUT2D eigenvalue weighted by molar-refractivity contribution is 5.44. The van der Waals surface area contributed by atoms with Crippen LogP contribution < -0.4 is 10.2 Å². The maximum Gasteiger partial charge on any atom is 0.269 e. The van der Waals surface area contributed by atoms with Crippen LogP contribution in [-0.4, -0.2) is 25.1 Å². The zero-order chi connectivity index (χ0) is 15.8. The van der Waals surface area contributed by atoms with Crippen LogP contribution in [0.25, 0.3) is 0 Å². The van der Waals surface area contributed by atoms with Gasteiger partial charge in [-0.2, -0.15) is 0 Å². The first kappa shape index (κ1) is 16.0. The molecule has 0 unspecified atom stereocenters. The molecule has 22 heavy (non-hydrogen) atoms. The number of benzene rings is 2. The second-order valence-electron chi connectivity index (χ2n) is 5.21. The number of para-hydroxylation sites is 1. The van der Waals surface area contributed by atoms with Crippen LogP contribution in [-0.2, 0) is 6.54 Å². The average molecular weight is 299 g/mol. The number of nitrogens with one attached hydrogen (secondary N) is 1. The third-order valence-corrected chi connectivity index (χ3v) is 3.49. The lowest BCUT2D eigenvalue weighted by Crippen LogP contribution is -2.23. The van der Waals surface area contributed by atoms with Crippen LogP contribution in [0, 0.1) is 10.1 Å². The van der Waals surface area contributed by atoms with Gasteiger partial charge in [0.1, 0.15) is 0 Å². The van der Waals surface area contributed by atoms with E-state index in [0.29, 0.717) is 6.54 Å². The maximum absolute atomic E-state index is 10.7. The molecule has 0 aliphatic carbocycles. The molecule has 2 aromatic rings. The van der Waals surface area contributed by atoms with Gasteiger partial charge in [-0.25, -0.2) is 0 Å². The van der Waals surface area contributed by atoms with Gasteiger partial charge in [-0.05, 0) is 30.7 Å². The minimum absolute atomic E-state index is 0.142. The molecule has 0 atom stereocenters. The Hall–Kier alpha value is -2.40. The summed E-state index contributed by atoms with van der Waals surface area (Å²) in [6.45, 7) is 2.49. The maximum atomic E-state index is 10.7. The van der Waals surface area contributed by atoms with Crippen LogP contribution in [0.1, 0.15) is 12.0 Å². The summed E-state index contributed by atoms with van der Waals surface area (Å²) in [7, 11) is 2.08. The molecule has 0 heterocycles. The number of anilines is 1. The molecule has 0 amide bonds. The molecule has 5 heteroatoms. The van der Waals surface area contributed by atoms with Gasteiger partial charge in [-0.15, -0.1) is 0 Å². The van der Waals surface area contributed by atoms with E-state index in [1.165, 1.54) is 11.8 Å². The van der Waals surface area contributed by atoms with Crippen molar-refractivity contribution in [1.82, 2.24) is 5.32 Å². The summed E-state index contributed by atoms with van der Waals surface area (Å²) in [5.74, 6) is 0. The Morgan fingerprint density at radius 1 is 1.14 bits per heavy atom. The van der Waals surface area contributed by atoms with Crippen molar-refractivity contribution in [2.45, 2.75) is 13.0 Å². The van der Waals surface area contributed by atoms with Crippen LogP contribution in [0.5, 0.6) is 0 Å². The third kappa shape index (κ3) is 4.86. The molecule has 0 saturated carbocycles. The summed E-state index contributed by atoms with van der Waals surface area (Å²) in [4.78, 5) is 12.6. The van der Waals surface area contributed by atoms with Crippen LogP contribution in [0.15, 0.2) is 54.6 Å². The lowest BCUT2D eigenvalue weighted by Gasteiger charge is -2.19. The van der Waals surface area contributed by atoms with Crippen molar-refractivity contribution in [3.05, 3.63) is 70.3 Å². The van der Waals surface area contributed by atoms with Crippen molar-refractivity contribution in [2.75, 3.05) is 25.0 Å². The van der Waals surface area contributed by atoms with Gasteiger partial charge in [0, 0.05) is 38.0 Å². The first-order chi connectivity index (χ1) is 10.7. The highest BCUT2D eigenvalue weighted by atomic mass is 16.6. The Morgan fingerprint density at radius 2 is 1.91 bits per heavy atom. The molecule has 0 aliphatic heterocycles. The van der Waals surface area contributed by atoms with Gasteiger partial charge in [0.2, 0.25) is 0 Å². The summed E-state index contributed by atoms with van der Waals surface area (Å²) in [5.41, 5.74) is 2.29. The molecule has 2 aromatic carbocycles. The Morgan fingerprint density at radius 3 is 2.64 bits per heavy atom. The van der Waals surface area contributed by atoms with E-state index in [4.69, 9.17) is 0 Å². The number of hydrogen-bond donors (Lipinski definition) is 1. The Labute approximate surface area is 130 Å². The van der Waals surface area contributed by atoms with Gasteiger partial charge in [-0.3, -0.25) is 10.1 Å². The molecular weight excluding hydrogens is 278 g/mol. The number of non-ortho nitro benzene ring substituents is 1. The fraction of sp³-hybridized carbons (Fsp3) is 0.294. The summed E-state index contributed by atoms with van der Waals surface area (Å²) in [6, 6.07) is 17.0. The topological polar surface area (TPSA) is 58.4 Å². The quantitative estimate of drug-likeness (QED) is 0.462. The first-order valence-electron chi connectivity index (χ1n) is 7.37. The zero-order valence-corrected chi connectivity index (χ0v) is 12.7. The lowest BCUT2D eigenvalue weighted by atomic mass is 10.2. The fourth-order valence-electron chi connectivity index (χ4n) is 2.27. The van der Waals surface area contributed by atoms with Crippen molar-refractivity contribution in [2.24, 2.45) is 0 Å². The molecule has 0 aliphatic rings. The molecule has 0 aromatic heterocycles. The minimum atomic E-state index is -0.363. The summed E-state index contributed by atoms with van der Waals surface area (Å²) >= 11 is 0. The normalized spacial score (nSPS) is 10.4. The molecule has 0 saturated heterocycles. The second-order valence-corrected chi connectivity index (χ2v) is 5.21. The summed E-state index contributed by atoms with van der Waals surface area (Å²) in [6.07, 6.45) is 1.01. The molecular formula is C17H21N3O2. The van der Waals surface area contributed by atoms with Gasteiger partial charge < -0.3 is 10.2 Å². The Balaban J connectivity index is 1.69. The van der Waals surface area contributed by atoms with E-state index in [-0.39, 0.29) is 10.6 Å². The van der Waals surface area contributed by atoms with Crippen LogP contribution >= 0.6 is 0 Å². The van der Waals surface area contributed by atoms with E-state index in [1.54, 1.807) is 12.1 Å². The number of nitro benzene ring substituents is 1. The molecule has 0 fully saturated rings. The lowest BCUT2D eigenvalue weighted by molar-refractivity contribution is -0.384. The number of nitro groups is 1. The van der Waals surface area contributed by atoms with E-state index < -0.39 is 0 Å². The van der Waals surface area contributed by atoms with Crippen molar-refractivity contribution in [3.8, 4) is 0 Å². The number of nitrogens with zero attached hydrogens (tertiary/aromatic N) is 2. The molecule has 0 radical (unpaired) electrons. The van der Waals surface area contributed by atoms with E-state index in [9.17, 15) is 10.1 Å². The predicted octanol–water partition coefficient (Wildman–Crippen LogP) is 3.21. The predicted molar refractivity (Wildman–Crippen MR) is 89.1 cm³/mol. The highest BCUT2D eigenvalue weighted by Gasteiger charge is 2.05. The van der Waals surface area contributed by atoms with Crippen molar-refractivity contribution >= 4 is 11.4 Å². The largest absolute Gasteiger partial charge is 0.375 e. The van der Waals surface area contributed by atoms with Gasteiger partial charge >= 0.3 is 0 Å². The van der Waals surface area contributed by atoms with Gasteiger partial charge in [0.15, 0.2) is 0 Å². The minimum Gasteiger partial charge on any atom is -0.375 e. The zero-order valence-electron chi connectivity index (χ0n) is 12.7. The standard InChI is InChI=1S/C17H21N3O2/c1-19(16-8-3-2-4-9-16)12-6-11-18-14-15-7-5-10-17(13-15)20(21)22/h2-5,7-10,13,18H,6,11-12,14H2,1H3. The second kappa shape index (κ2) is 8.14. The number of hydrogen-bond acceptors (Lipinski definition) is 4. The highest BCUT2D eigenvalue weighted by Crippen LogP contribution is 2.13. The summed E-state index contributed by atoms with van der Waals surface area (Å²) < 4.78 is 0. The molecule has 5 nitrogen and oxygen atoms in total. The monoisotopic (exact) mass is 299 g/mol. The van der Waals surface area contributed by atoms with Gasteiger partial charge in [0.25, 0.3) is 5.69 Å².